The minimum absolute atomic E-state index is 0.0458. The van der Waals surface area contributed by atoms with Gasteiger partial charge in [0, 0.05) is 38.2 Å². The number of hydrogen-bond donors (Lipinski definition) is 1. The fourth-order valence-corrected chi connectivity index (χ4v) is 3.43. The van der Waals surface area contributed by atoms with E-state index >= 15 is 0 Å². The Bertz CT molecular complexity index is 955. The third-order valence-electron chi connectivity index (χ3n) is 4.78. The molecule has 0 aliphatic carbocycles. The van der Waals surface area contributed by atoms with Crippen molar-refractivity contribution >= 4 is 17.4 Å². The summed E-state index contributed by atoms with van der Waals surface area (Å²) >= 11 is 0. The highest BCUT2D eigenvalue weighted by Crippen LogP contribution is 2.40. The van der Waals surface area contributed by atoms with Crippen LogP contribution >= 0.6 is 0 Å². The van der Waals surface area contributed by atoms with E-state index in [0.29, 0.717) is 43.1 Å². The number of aliphatic hydroxyl groups is 1. The van der Waals surface area contributed by atoms with Crippen molar-refractivity contribution in [2.24, 2.45) is 0 Å². The minimum Gasteiger partial charge on any atom is -0.507 e. The Labute approximate surface area is 175 Å². The summed E-state index contributed by atoms with van der Waals surface area (Å²) in [5.41, 5.74) is 1.14. The molecule has 7 heteroatoms. The van der Waals surface area contributed by atoms with Crippen molar-refractivity contribution in [3.05, 3.63) is 78.1 Å². The van der Waals surface area contributed by atoms with E-state index in [-0.39, 0.29) is 11.3 Å². The molecular weight excluding hydrogens is 384 g/mol. The van der Waals surface area contributed by atoms with Crippen LogP contribution in [-0.2, 0) is 14.3 Å². The van der Waals surface area contributed by atoms with E-state index in [1.54, 1.807) is 49.6 Å². The third-order valence-corrected chi connectivity index (χ3v) is 4.78. The summed E-state index contributed by atoms with van der Waals surface area (Å²) in [6, 6.07) is 9.59. The Morgan fingerprint density at radius 3 is 2.73 bits per heavy atom. The quantitative estimate of drug-likeness (QED) is 0.225. The number of hydrogen-bond acceptors (Lipinski definition) is 6. The highest BCUT2D eigenvalue weighted by Gasteiger charge is 2.45. The van der Waals surface area contributed by atoms with E-state index in [9.17, 15) is 14.7 Å². The predicted molar refractivity (Wildman–Crippen MR) is 112 cm³/mol. The molecule has 1 atom stereocenters. The Morgan fingerprint density at radius 2 is 2.03 bits per heavy atom. The van der Waals surface area contributed by atoms with Crippen LogP contribution in [0.15, 0.2) is 67.0 Å². The molecular formula is C23H24N2O5. The van der Waals surface area contributed by atoms with Crippen LogP contribution in [0.25, 0.3) is 5.76 Å². The predicted octanol–water partition coefficient (Wildman–Crippen LogP) is 3.10. The number of methoxy groups -OCH3 is 1. The average Bonchev–Trinajstić information content (AvgIpc) is 3.03. The minimum atomic E-state index is -0.734. The molecule has 3 rings (SSSR count). The average molecular weight is 408 g/mol. The lowest BCUT2D eigenvalue weighted by molar-refractivity contribution is -0.140. The molecule has 156 valence electrons. The van der Waals surface area contributed by atoms with Crippen molar-refractivity contribution in [3.8, 4) is 5.75 Å². The molecule has 1 aromatic heterocycles. The molecule has 0 saturated carbocycles. The van der Waals surface area contributed by atoms with Gasteiger partial charge in [-0.05, 0) is 36.2 Å². The van der Waals surface area contributed by atoms with Gasteiger partial charge in [0.25, 0.3) is 11.7 Å². The molecule has 1 amide bonds. The number of aliphatic hydroxyl groups excluding tert-OH is 1. The third kappa shape index (κ3) is 4.41. The second kappa shape index (κ2) is 9.84. The van der Waals surface area contributed by atoms with Gasteiger partial charge in [-0.25, -0.2) is 0 Å². The molecule has 2 aromatic rings. The molecule has 1 aliphatic rings. The Morgan fingerprint density at radius 1 is 1.27 bits per heavy atom. The topological polar surface area (TPSA) is 89.0 Å². The standard InChI is InChI=1S/C23H24N2O5/c1-3-13-30-18-7-4-6-17(15-18)20-19(21(26)16-8-10-24-11-9-16)22(27)23(28)25(20)12-5-14-29-2/h3-4,6-11,15,20,26H,1,5,12-14H2,2H3/b21-19+. The van der Waals surface area contributed by atoms with Crippen molar-refractivity contribution in [2.75, 3.05) is 26.9 Å². The van der Waals surface area contributed by atoms with Crippen molar-refractivity contribution in [2.45, 2.75) is 12.5 Å². The summed E-state index contributed by atoms with van der Waals surface area (Å²) in [4.78, 5) is 31.1. The number of likely N-dealkylation sites (tertiary alicyclic amines) is 1. The molecule has 0 bridgehead atoms. The molecule has 1 aliphatic heterocycles. The van der Waals surface area contributed by atoms with Crippen LogP contribution in [0, 0.1) is 0 Å². The van der Waals surface area contributed by atoms with Crippen LogP contribution in [0.4, 0.5) is 0 Å². The molecule has 2 heterocycles. The van der Waals surface area contributed by atoms with Crippen molar-refractivity contribution in [1.82, 2.24) is 9.88 Å². The molecule has 1 saturated heterocycles. The van der Waals surface area contributed by atoms with Crippen molar-refractivity contribution in [1.29, 1.82) is 0 Å². The fourth-order valence-electron chi connectivity index (χ4n) is 3.43. The molecule has 0 radical (unpaired) electrons. The number of amides is 1. The molecule has 1 aromatic carbocycles. The number of pyridine rings is 1. The zero-order valence-corrected chi connectivity index (χ0v) is 16.8. The number of carbonyl (C=O) groups is 2. The maximum Gasteiger partial charge on any atom is 0.295 e. The Hall–Kier alpha value is -3.45. The van der Waals surface area contributed by atoms with Crippen LogP contribution in [0.1, 0.15) is 23.6 Å². The number of ketones is 1. The number of rotatable bonds is 9. The van der Waals surface area contributed by atoms with Gasteiger partial charge in [-0.15, -0.1) is 0 Å². The van der Waals surface area contributed by atoms with Gasteiger partial charge in [-0.2, -0.15) is 0 Å². The first-order chi connectivity index (χ1) is 14.6. The van der Waals surface area contributed by atoms with Gasteiger partial charge >= 0.3 is 0 Å². The number of ether oxygens (including phenoxy) is 2. The first-order valence-electron chi connectivity index (χ1n) is 9.60. The summed E-state index contributed by atoms with van der Waals surface area (Å²) in [5, 5.41) is 10.9. The summed E-state index contributed by atoms with van der Waals surface area (Å²) in [5.74, 6) is -1.01. The lowest BCUT2D eigenvalue weighted by Crippen LogP contribution is -2.31. The SMILES string of the molecule is C=CCOc1cccc(C2/C(=C(\O)c3ccncc3)C(=O)C(=O)N2CCCOC)c1. The van der Waals surface area contributed by atoms with Gasteiger partial charge in [0.1, 0.15) is 18.1 Å². The lowest BCUT2D eigenvalue weighted by Gasteiger charge is -2.25. The first-order valence-corrected chi connectivity index (χ1v) is 9.60. The van der Waals surface area contributed by atoms with Gasteiger partial charge < -0.3 is 19.5 Å². The number of nitrogens with zero attached hydrogens (tertiary/aromatic N) is 2. The largest absolute Gasteiger partial charge is 0.507 e. The molecule has 1 N–H and O–H groups in total. The highest BCUT2D eigenvalue weighted by atomic mass is 16.5. The summed E-state index contributed by atoms with van der Waals surface area (Å²) in [6.45, 7) is 4.73. The summed E-state index contributed by atoms with van der Waals surface area (Å²) in [7, 11) is 1.58. The van der Waals surface area contributed by atoms with Gasteiger partial charge in [0.05, 0.1) is 11.6 Å². The van der Waals surface area contributed by atoms with Crippen molar-refractivity contribution in [3.63, 3.8) is 0 Å². The first kappa shape index (κ1) is 21.3. The van der Waals surface area contributed by atoms with Crippen molar-refractivity contribution < 1.29 is 24.2 Å². The normalized spacial score (nSPS) is 17.9. The monoisotopic (exact) mass is 408 g/mol. The van der Waals surface area contributed by atoms with Gasteiger partial charge in [-0.1, -0.05) is 24.8 Å². The van der Waals surface area contributed by atoms with Gasteiger partial charge in [0.2, 0.25) is 0 Å². The fraction of sp³-hybridized carbons (Fsp3) is 0.261. The zero-order valence-electron chi connectivity index (χ0n) is 16.8. The number of benzene rings is 1. The van der Waals surface area contributed by atoms with Crippen LogP contribution < -0.4 is 4.74 Å². The van der Waals surface area contributed by atoms with E-state index in [1.165, 1.54) is 17.3 Å². The Kier molecular flexibility index (Phi) is 6.98. The number of Topliss-reactive ketones (excluding diaryl/α,β-unsaturated/α-hetero) is 1. The van der Waals surface area contributed by atoms with E-state index < -0.39 is 17.7 Å². The molecule has 7 nitrogen and oxygen atoms in total. The maximum absolute atomic E-state index is 12.9. The lowest BCUT2D eigenvalue weighted by atomic mass is 9.95. The second-order valence-electron chi connectivity index (χ2n) is 6.75. The molecule has 0 spiro atoms. The Balaban J connectivity index is 2.09. The molecule has 1 unspecified atom stereocenters. The van der Waals surface area contributed by atoms with E-state index in [2.05, 4.69) is 11.6 Å². The van der Waals surface area contributed by atoms with Gasteiger partial charge in [-0.3, -0.25) is 14.6 Å². The summed E-state index contributed by atoms with van der Waals surface area (Å²) in [6.07, 6.45) is 5.22. The smallest absolute Gasteiger partial charge is 0.295 e. The molecule has 1 fully saturated rings. The van der Waals surface area contributed by atoms with Crippen LogP contribution in [0.2, 0.25) is 0 Å². The number of carbonyl (C=O) groups excluding carboxylic acids is 2. The van der Waals surface area contributed by atoms with E-state index in [1.807, 2.05) is 0 Å². The number of aromatic nitrogens is 1. The van der Waals surface area contributed by atoms with E-state index in [0.717, 1.165) is 0 Å². The highest BCUT2D eigenvalue weighted by molar-refractivity contribution is 6.46. The van der Waals surface area contributed by atoms with Crippen LogP contribution in [-0.4, -0.2) is 53.5 Å². The second-order valence-corrected chi connectivity index (χ2v) is 6.75. The summed E-state index contributed by atoms with van der Waals surface area (Å²) < 4.78 is 10.7. The van der Waals surface area contributed by atoms with Crippen LogP contribution in [0.5, 0.6) is 5.75 Å². The van der Waals surface area contributed by atoms with Crippen LogP contribution in [0.3, 0.4) is 0 Å². The molecule has 30 heavy (non-hydrogen) atoms. The van der Waals surface area contributed by atoms with E-state index in [4.69, 9.17) is 9.47 Å². The maximum atomic E-state index is 12.9. The zero-order chi connectivity index (χ0) is 21.5. The van der Waals surface area contributed by atoms with Gasteiger partial charge in [0.15, 0.2) is 0 Å².